The Hall–Kier alpha value is -1.40. The molecule has 3 fully saturated rings. The lowest BCUT2D eigenvalue weighted by atomic mass is 9.91. The summed E-state index contributed by atoms with van der Waals surface area (Å²) in [4.78, 5) is 17.0. The largest absolute Gasteiger partial charge is 0.380 e. The van der Waals surface area contributed by atoms with Gasteiger partial charge in [-0.2, -0.15) is 5.10 Å². The maximum atomic E-state index is 12.2. The van der Waals surface area contributed by atoms with E-state index in [1.165, 1.54) is 0 Å². The van der Waals surface area contributed by atoms with Gasteiger partial charge in [0.2, 0.25) is 5.91 Å². The van der Waals surface area contributed by atoms with Crippen LogP contribution in [0.5, 0.6) is 0 Å². The average Bonchev–Trinajstić information content (AvgIpc) is 3.27. The van der Waals surface area contributed by atoms with Gasteiger partial charge in [0.1, 0.15) is 0 Å². The van der Waals surface area contributed by atoms with Crippen LogP contribution in [0.25, 0.3) is 0 Å². The predicted octanol–water partition coefficient (Wildman–Crippen LogP) is 0.983. The Kier molecular flexibility index (Phi) is 4.11. The minimum Gasteiger partial charge on any atom is -0.380 e. The minimum absolute atomic E-state index is 0.215. The Morgan fingerprint density at radius 3 is 3.00 bits per heavy atom. The summed E-state index contributed by atoms with van der Waals surface area (Å²) in [6, 6.07) is 3.22. The van der Waals surface area contributed by atoms with Gasteiger partial charge in [0, 0.05) is 51.1 Å². The van der Waals surface area contributed by atoms with Crippen LogP contribution in [0.1, 0.15) is 26.2 Å². The molecule has 0 saturated carbocycles. The van der Waals surface area contributed by atoms with E-state index in [9.17, 15) is 4.79 Å². The minimum atomic E-state index is 0.215. The quantitative estimate of drug-likeness (QED) is 0.834. The number of carbonyl (C=O) groups excluding carboxylic acids is 1. The summed E-state index contributed by atoms with van der Waals surface area (Å²) in [5.41, 5.74) is 0. The molecule has 0 radical (unpaired) electrons. The lowest BCUT2D eigenvalue weighted by molar-refractivity contribution is -0.133. The van der Waals surface area contributed by atoms with Crippen LogP contribution < -0.4 is 0 Å². The first kappa shape index (κ1) is 15.1. The van der Waals surface area contributed by atoms with Gasteiger partial charge in [0.15, 0.2) is 0 Å². The number of nitrogens with zero attached hydrogens (tertiary/aromatic N) is 4. The summed E-state index contributed by atoms with van der Waals surface area (Å²) >= 11 is 0. The Bertz CT molecular complexity index is 541. The number of amides is 1. The van der Waals surface area contributed by atoms with E-state index in [0.717, 1.165) is 52.1 Å². The zero-order valence-corrected chi connectivity index (χ0v) is 13.8. The molecule has 0 aliphatic carbocycles. The first-order valence-corrected chi connectivity index (χ1v) is 8.80. The Morgan fingerprint density at radius 2 is 2.30 bits per heavy atom. The molecule has 4 atom stereocenters. The summed E-state index contributed by atoms with van der Waals surface area (Å²) in [5, 5.41) is 4.32. The maximum absolute atomic E-state index is 12.2. The third-order valence-electron chi connectivity index (χ3n) is 5.79. The van der Waals surface area contributed by atoms with E-state index >= 15 is 0 Å². The molecule has 4 heterocycles. The third kappa shape index (κ3) is 2.90. The van der Waals surface area contributed by atoms with Gasteiger partial charge in [-0.3, -0.25) is 14.4 Å². The van der Waals surface area contributed by atoms with E-state index in [4.69, 9.17) is 4.74 Å². The van der Waals surface area contributed by atoms with Crippen molar-refractivity contribution in [2.24, 2.45) is 5.92 Å². The second kappa shape index (κ2) is 6.24. The van der Waals surface area contributed by atoms with Crippen molar-refractivity contribution in [2.75, 3.05) is 26.3 Å². The molecule has 4 rings (SSSR count). The predicted molar refractivity (Wildman–Crippen MR) is 85.8 cm³/mol. The van der Waals surface area contributed by atoms with Crippen molar-refractivity contribution >= 4 is 5.91 Å². The molecule has 6 heteroatoms. The molecular weight excluding hydrogens is 292 g/mol. The smallest absolute Gasteiger partial charge is 0.220 e. The SMILES string of the molecule is CC(=O)N1C(Cn2cccn2)C[C@@H]2CN(C3CCOC3)CC[C@@H]21. The normalized spacial score (nSPS) is 34.7. The molecule has 1 aromatic heterocycles. The number of hydrogen-bond acceptors (Lipinski definition) is 4. The summed E-state index contributed by atoms with van der Waals surface area (Å²) in [5.74, 6) is 0.807. The highest BCUT2D eigenvalue weighted by molar-refractivity contribution is 5.74. The Morgan fingerprint density at radius 1 is 1.39 bits per heavy atom. The second-order valence-electron chi connectivity index (χ2n) is 7.17. The van der Waals surface area contributed by atoms with Crippen molar-refractivity contribution in [1.82, 2.24) is 19.6 Å². The van der Waals surface area contributed by atoms with E-state index in [2.05, 4.69) is 14.9 Å². The molecule has 23 heavy (non-hydrogen) atoms. The highest BCUT2D eigenvalue weighted by atomic mass is 16.5. The molecule has 3 aliphatic rings. The number of rotatable bonds is 3. The number of fused-ring (bicyclic) bond motifs is 1. The molecule has 1 amide bonds. The lowest BCUT2D eigenvalue weighted by Crippen LogP contribution is -2.51. The fourth-order valence-electron chi connectivity index (χ4n) is 4.80. The number of piperidine rings is 1. The zero-order chi connectivity index (χ0) is 15.8. The van der Waals surface area contributed by atoms with E-state index in [0.29, 0.717) is 18.0 Å². The Balaban J connectivity index is 1.47. The van der Waals surface area contributed by atoms with Crippen LogP contribution in [0.3, 0.4) is 0 Å². The van der Waals surface area contributed by atoms with Gasteiger partial charge in [0.25, 0.3) is 0 Å². The zero-order valence-electron chi connectivity index (χ0n) is 13.8. The summed E-state index contributed by atoms with van der Waals surface area (Å²) < 4.78 is 7.51. The number of aromatic nitrogens is 2. The van der Waals surface area contributed by atoms with Gasteiger partial charge in [-0.15, -0.1) is 0 Å². The Labute approximate surface area is 137 Å². The number of likely N-dealkylation sites (tertiary alicyclic amines) is 2. The van der Waals surface area contributed by atoms with Crippen molar-refractivity contribution < 1.29 is 9.53 Å². The highest BCUT2D eigenvalue weighted by Crippen LogP contribution is 2.37. The molecule has 0 bridgehead atoms. The molecule has 3 aliphatic heterocycles. The molecule has 3 saturated heterocycles. The molecule has 2 unspecified atom stereocenters. The van der Waals surface area contributed by atoms with Gasteiger partial charge in [-0.05, 0) is 31.2 Å². The summed E-state index contributed by atoms with van der Waals surface area (Å²) in [7, 11) is 0. The van der Waals surface area contributed by atoms with Gasteiger partial charge in [-0.25, -0.2) is 0 Å². The fraction of sp³-hybridized carbons (Fsp3) is 0.765. The third-order valence-corrected chi connectivity index (χ3v) is 5.79. The number of ether oxygens (including phenoxy) is 1. The lowest BCUT2D eigenvalue weighted by Gasteiger charge is -2.40. The van der Waals surface area contributed by atoms with Crippen LogP contribution in [-0.4, -0.2) is 69.9 Å². The van der Waals surface area contributed by atoms with Crippen LogP contribution in [0, 0.1) is 5.92 Å². The summed E-state index contributed by atoms with van der Waals surface area (Å²) in [6.07, 6.45) is 7.14. The van der Waals surface area contributed by atoms with Crippen molar-refractivity contribution in [3.05, 3.63) is 18.5 Å². The van der Waals surface area contributed by atoms with E-state index in [-0.39, 0.29) is 11.9 Å². The first-order valence-electron chi connectivity index (χ1n) is 8.80. The van der Waals surface area contributed by atoms with Crippen LogP contribution in [0.4, 0.5) is 0 Å². The first-order chi connectivity index (χ1) is 11.2. The molecule has 0 N–H and O–H groups in total. The standard InChI is InChI=1S/C17H26N4O2/c1-13(22)21-16(11-20-6-2-5-18-20)9-14-10-19(7-3-17(14)21)15-4-8-23-12-15/h2,5-6,14-17H,3-4,7-12H2,1H3/t14-,15?,16?,17+/m1/s1. The van der Waals surface area contributed by atoms with Gasteiger partial charge < -0.3 is 9.64 Å². The van der Waals surface area contributed by atoms with E-state index in [1.807, 2.05) is 23.1 Å². The van der Waals surface area contributed by atoms with Crippen LogP contribution in [0.2, 0.25) is 0 Å². The average molecular weight is 318 g/mol. The number of carbonyl (C=O) groups is 1. The second-order valence-corrected chi connectivity index (χ2v) is 7.17. The van der Waals surface area contributed by atoms with Crippen LogP contribution in [-0.2, 0) is 16.1 Å². The number of hydrogen-bond donors (Lipinski definition) is 0. The fourth-order valence-corrected chi connectivity index (χ4v) is 4.80. The summed E-state index contributed by atoms with van der Waals surface area (Å²) in [6.45, 7) is 6.51. The molecular formula is C17H26N4O2. The van der Waals surface area contributed by atoms with Crippen LogP contribution in [0.15, 0.2) is 18.5 Å². The van der Waals surface area contributed by atoms with E-state index in [1.54, 1.807) is 6.92 Å². The highest BCUT2D eigenvalue weighted by Gasteiger charge is 2.46. The molecule has 0 aromatic carbocycles. The van der Waals surface area contributed by atoms with Crippen molar-refractivity contribution in [3.63, 3.8) is 0 Å². The monoisotopic (exact) mass is 318 g/mol. The van der Waals surface area contributed by atoms with E-state index < -0.39 is 0 Å². The van der Waals surface area contributed by atoms with Gasteiger partial charge in [-0.1, -0.05) is 0 Å². The molecule has 1 aromatic rings. The van der Waals surface area contributed by atoms with Crippen molar-refractivity contribution in [3.8, 4) is 0 Å². The topological polar surface area (TPSA) is 50.6 Å². The van der Waals surface area contributed by atoms with Gasteiger partial charge >= 0.3 is 0 Å². The molecule has 6 nitrogen and oxygen atoms in total. The van der Waals surface area contributed by atoms with Crippen molar-refractivity contribution in [1.29, 1.82) is 0 Å². The molecule has 0 spiro atoms. The van der Waals surface area contributed by atoms with Crippen LogP contribution >= 0.6 is 0 Å². The maximum Gasteiger partial charge on any atom is 0.220 e. The van der Waals surface area contributed by atoms with Crippen molar-refractivity contribution in [2.45, 2.75) is 50.9 Å². The molecule has 126 valence electrons. The van der Waals surface area contributed by atoms with Gasteiger partial charge in [0.05, 0.1) is 19.2 Å².